The van der Waals surface area contributed by atoms with E-state index in [9.17, 15) is 4.79 Å². The fraction of sp³-hybridized carbons (Fsp3) is 0.500. The van der Waals surface area contributed by atoms with Gasteiger partial charge in [-0.05, 0) is 39.3 Å². The third kappa shape index (κ3) is 2.93. The van der Waals surface area contributed by atoms with Gasteiger partial charge in [0.25, 0.3) is 0 Å². The third-order valence-electron chi connectivity index (χ3n) is 1.45. The highest BCUT2D eigenvalue weighted by Crippen LogP contribution is 2.09. The summed E-state index contributed by atoms with van der Waals surface area (Å²) in [5.41, 5.74) is 0.612. The van der Waals surface area contributed by atoms with E-state index in [0.29, 0.717) is 0 Å². The van der Waals surface area contributed by atoms with Crippen molar-refractivity contribution in [3.05, 3.63) is 24.0 Å². The SMILES string of the molecule is Cc1ccn(C(=O)OC(C)(C)C)c1. The average molecular weight is 181 g/mol. The van der Waals surface area contributed by atoms with E-state index >= 15 is 0 Å². The summed E-state index contributed by atoms with van der Waals surface area (Å²) in [6.07, 6.45) is 3.11. The zero-order chi connectivity index (χ0) is 10.1. The molecule has 3 heteroatoms. The van der Waals surface area contributed by atoms with Crippen LogP contribution in [0.2, 0.25) is 0 Å². The molecule has 0 bridgehead atoms. The number of hydrogen-bond acceptors (Lipinski definition) is 2. The lowest BCUT2D eigenvalue weighted by Gasteiger charge is -2.19. The normalized spacial score (nSPS) is 11.4. The van der Waals surface area contributed by atoms with Gasteiger partial charge >= 0.3 is 6.09 Å². The first-order chi connectivity index (χ1) is 5.88. The van der Waals surface area contributed by atoms with Crippen LogP contribution < -0.4 is 0 Å². The fourth-order valence-electron chi connectivity index (χ4n) is 0.932. The second kappa shape index (κ2) is 3.24. The summed E-state index contributed by atoms with van der Waals surface area (Å²) in [6.45, 7) is 7.48. The van der Waals surface area contributed by atoms with Crippen LogP contribution in [0, 0.1) is 6.92 Å². The Morgan fingerprint density at radius 1 is 1.46 bits per heavy atom. The molecule has 0 aromatic carbocycles. The second-order valence-electron chi connectivity index (χ2n) is 4.08. The van der Waals surface area contributed by atoms with E-state index in [0.717, 1.165) is 5.56 Å². The van der Waals surface area contributed by atoms with E-state index in [1.54, 1.807) is 12.4 Å². The summed E-state index contributed by atoms with van der Waals surface area (Å²) < 4.78 is 6.61. The summed E-state index contributed by atoms with van der Waals surface area (Å²) in [6, 6.07) is 1.86. The number of hydrogen-bond donors (Lipinski definition) is 0. The molecule has 1 aromatic heterocycles. The number of aromatic nitrogens is 1. The number of ether oxygens (including phenoxy) is 1. The van der Waals surface area contributed by atoms with Crippen molar-refractivity contribution < 1.29 is 9.53 Å². The van der Waals surface area contributed by atoms with Crippen LogP contribution in [0.25, 0.3) is 0 Å². The largest absolute Gasteiger partial charge is 0.443 e. The number of carbonyl (C=O) groups is 1. The molecule has 1 heterocycles. The van der Waals surface area contributed by atoms with E-state index in [1.165, 1.54) is 4.57 Å². The zero-order valence-corrected chi connectivity index (χ0v) is 8.50. The lowest BCUT2D eigenvalue weighted by atomic mass is 10.2. The first kappa shape index (κ1) is 9.84. The van der Waals surface area contributed by atoms with Gasteiger partial charge < -0.3 is 4.74 Å². The molecule has 3 nitrogen and oxygen atoms in total. The smallest absolute Gasteiger partial charge is 0.418 e. The van der Waals surface area contributed by atoms with Gasteiger partial charge in [0, 0.05) is 12.4 Å². The Morgan fingerprint density at radius 3 is 2.46 bits per heavy atom. The molecule has 72 valence electrons. The Labute approximate surface area is 78.3 Å². The van der Waals surface area contributed by atoms with Crippen LogP contribution >= 0.6 is 0 Å². The predicted molar refractivity (Wildman–Crippen MR) is 50.8 cm³/mol. The van der Waals surface area contributed by atoms with E-state index in [2.05, 4.69) is 0 Å². The summed E-state index contributed by atoms with van der Waals surface area (Å²) in [5.74, 6) is 0. The minimum atomic E-state index is -0.435. The maximum absolute atomic E-state index is 11.4. The van der Waals surface area contributed by atoms with Crippen LogP contribution in [0.4, 0.5) is 4.79 Å². The van der Waals surface area contributed by atoms with Crippen molar-refractivity contribution >= 4 is 6.09 Å². The summed E-state index contributed by atoms with van der Waals surface area (Å²) >= 11 is 0. The van der Waals surface area contributed by atoms with Gasteiger partial charge in [0.15, 0.2) is 0 Å². The van der Waals surface area contributed by atoms with Crippen LogP contribution in [-0.4, -0.2) is 16.3 Å². The molecule has 1 rings (SSSR count). The van der Waals surface area contributed by atoms with Gasteiger partial charge in [-0.1, -0.05) is 0 Å². The molecule has 0 fully saturated rings. The van der Waals surface area contributed by atoms with Crippen LogP contribution in [-0.2, 0) is 4.74 Å². The summed E-state index contributed by atoms with van der Waals surface area (Å²) in [5, 5.41) is 0. The highest BCUT2D eigenvalue weighted by Gasteiger charge is 2.16. The molecular weight excluding hydrogens is 166 g/mol. The molecule has 0 spiro atoms. The molecule has 0 atom stereocenters. The monoisotopic (exact) mass is 181 g/mol. The molecule has 0 aliphatic carbocycles. The Morgan fingerprint density at radius 2 is 2.08 bits per heavy atom. The number of carbonyl (C=O) groups excluding carboxylic acids is 1. The van der Waals surface area contributed by atoms with Crippen LogP contribution in [0.5, 0.6) is 0 Å². The minimum Gasteiger partial charge on any atom is -0.443 e. The number of nitrogens with zero attached hydrogens (tertiary/aromatic N) is 1. The van der Waals surface area contributed by atoms with E-state index in [1.807, 2.05) is 33.8 Å². The fourth-order valence-corrected chi connectivity index (χ4v) is 0.932. The Bertz CT molecular complexity index is 307. The zero-order valence-electron chi connectivity index (χ0n) is 8.50. The lowest BCUT2D eigenvalue weighted by Crippen LogP contribution is -2.26. The average Bonchev–Trinajstić information content (AvgIpc) is 2.31. The highest BCUT2D eigenvalue weighted by molar-refractivity contribution is 5.71. The van der Waals surface area contributed by atoms with Crippen molar-refractivity contribution in [2.75, 3.05) is 0 Å². The summed E-state index contributed by atoms with van der Waals surface area (Å²) in [4.78, 5) is 11.4. The molecule has 0 N–H and O–H groups in total. The van der Waals surface area contributed by atoms with E-state index < -0.39 is 5.60 Å². The topological polar surface area (TPSA) is 31.2 Å². The summed E-state index contributed by atoms with van der Waals surface area (Å²) in [7, 11) is 0. The standard InChI is InChI=1S/C10H15NO2/c1-8-5-6-11(7-8)9(12)13-10(2,3)4/h5-7H,1-4H3. The first-order valence-electron chi connectivity index (χ1n) is 4.26. The maximum Gasteiger partial charge on any atom is 0.418 e. The van der Waals surface area contributed by atoms with Crippen LogP contribution in [0.3, 0.4) is 0 Å². The third-order valence-corrected chi connectivity index (χ3v) is 1.45. The molecular formula is C10H15NO2. The predicted octanol–water partition coefficient (Wildman–Crippen LogP) is 2.58. The van der Waals surface area contributed by atoms with E-state index in [-0.39, 0.29) is 6.09 Å². The lowest BCUT2D eigenvalue weighted by molar-refractivity contribution is 0.0537. The molecule has 0 aliphatic heterocycles. The quantitative estimate of drug-likeness (QED) is 0.616. The van der Waals surface area contributed by atoms with Crippen molar-refractivity contribution in [3.8, 4) is 0 Å². The maximum atomic E-state index is 11.4. The second-order valence-corrected chi connectivity index (χ2v) is 4.08. The molecule has 1 aromatic rings. The molecule has 0 saturated heterocycles. The molecule has 0 unspecified atom stereocenters. The first-order valence-corrected chi connectivity index (χ1v) is 4.26. The highest BCUT2D eigenvalue weighted by atomic mass is 16.6. The minimum absolute atomic E-state index is 0.333. The van der Waals surface area contributed by atoms with Crippen molar-refractivity contribution in [2.45, 2.75) is 33.3 Å². The molecule has 0 aliphatic rings. The van der Waals surface area contributed by atoms with Gasteiger partial charge in [-0.25, -0.2) is 4.79 Å². The van der Waals surface area contributed by atoms with Crippen LogP contribution in [0.1, 0.15) is 26.3 Å². The van der Waals surface area contributed by atoms with Gasteiger partial charge in [-0.2, -0.15) is 0 Å². The van der Waals surface area contributed by atoms with Gasteiger partial charge in [0.05, 0.1) is 0 Å². The van der Waals surface area contributed by atoms with E-state index in [4.69, 9.17) is 4.74 Å². The van der Waals surface area contributed by atoms with Gasteiger partial charge in [0.2, 0.25) is 0 Å². The molecule has 0 radical (unpaired) electrons. The van der Waals surface area contributed by atoms with Gasteiger partial charge in [-0.3, -0.25) is 4.57 Å². The molecule has 0 saturated carbocycles. The number of rotatable bonds is 0. The Kier molecular flexibility index (Phi) is 2.45. The Balaban J connectivity index is 2.70. The van der Waals surface area contributed by atoms with Crippen molar-refractivity contribution in [1.82, 2.24) is 4.57 Å². The van der Waals surface area contributed by atoms with Crippen molar-refractivity contribution in [3.63, 3.8) is 0 Å². The molecule has 0 amide bonds. The number of aryl methyl sites for hydroxylation is 1. The van der Waals surface area contributed by atoms with Crippen molar-refractivity contribution in [1.29, 1.82) is 0 Å². The van der Waals surface area contributed by atoms with Crippen molar-refractivity contribution in [2.24, 2.45) is 0 Å². The Hall–Kier alpha value is -1.25. The molecule has 13 heavy (non-hydrogen) atoms. The van der Waals surface area contributed by atoms with Crippen LogP contribution in [0.15, 0.2) is 18.5 Å². The van der Waals surface area contributed by atoms with Gasteiger partial charge in [-0.15, -0.1) is 0 Å². The van der Waals surface area contributed by atoms with Gasteiger partial charge in [0.1, 0.15) is 5.60 Å².